The molecular weight excluding hydrogens is 248 g/mol. The Hall–Kier alpha value is 0.0900. The van der Waals surface area contributed by atoms with Gasteiger partial charge in [0.1, 0.15) is 0 Å². The summed E-state index contributed by atoms with van der Waals surface area (Å²) in [5.74, 6) is 2.98. The predicted molar refractivity (Wildman–Crippen MR) is 90.9 cm³/mol. The summed E-state index contributed by atoms with van der Waals surface area (Å²) in [6, 6.07) is 0. The van der Waals surface area contributed by atoms with E-state index in [-0.39, 0.29) is 0 Å². The fraction of sp³-hybridized carbons (Fsp3) is 0.889. The average molecular weight is 283 g/mol. The minimum Gasteiger partial charge on any atom is -0.151 e. The van der Waals surface area contributed by atoms with Gasteiger partial charge < -0.3 is 0 Å². The molecule has 112 valence electrons. The zero-order valence-corrected chi connectivity index (χ0v) is 14.4. The van der Waals surface area contributed by atoms with Crippen molar-refractivity contribution in [1.82, 2.24) is 0 Å². The van der Waals surface area contributed by atoms with Crippen LogP contribution in [0.4, 0.5) is 0 Å². The summed E-state index contributed by atoms with van der Waals surface area (Å²) in [5, 5.41) is 0. The van der Waals surface area contributed by atoms with Crippen LogP contribution >= 0.6 is 11.8 Å². The van der Waals surface area contributed by atoms with Gasteiger partial charge in [0, 0.05) is 4.75 Å². The summed E-state index contributed by atoms with van der Waals surface area (Å²) in [7, 11) is 0. The van der Waals surface area contributed by atoms with Crippen LogP contribution in [0.25, 0.3) is 0 Å². The molecule has 0 saturated carbocycles. The van der Waals surface area contributed by atoms with Crippen LogP contribution in [0, 0.1) is 11.8 Å². The van der Waals surface area contributed by atoms with Crippen molar-refractivity contribution in [2.45, 2.75) is 83.8 Å². The molecule has 0 bridgehead atoms. The summed E-state index contributed by atoms with van der Waals surface area (Å²) >= 11 is 2.19. The maximum absolute atomic E-state index is 2.50. The van der Waals surface area contributed by atoms with Gasteiger partial charge in [0.15, 0.2) is 0 Å². The van der Waals surface area contributed by atoms with Crippen LogP contribution in [0.1, 0.15) is 79.1 Å². The maximum atomic E-state index is 2.50. The van der Waals surface area contributed by atoms with Crippen molar-refractivity contribution < 1.29 is 0 Å². The highest BCUT2D eigenvalue weighted by molar-refractivity contribution is 8.00. The SMILES string of the molecule is CCCCCCCCSC1(C)C=CC(C(C)C)CC1. The minimum atomic E-state index is 0.425. The number of allylic oxidation sites excluding steroid dienone is 1. The molecule has 0 radical (unpaired) electrons. The molecule has 0 saturated heterocycles. The Morgan fingerprint density at radius 1 is 1.16 bits per heavy atom. The van der Waals surface area contributed by atoms with Gasteiger partial charge in [0.05, 0.1) is 0 Å². The summed E-state index contributed by atoms with van der Waals surface area (Å²) in [4.78, 5) is 0. The van der Waals surface area contributed by atoms with Gasteiger partial charge in [-0.3, -0.25) is 0 Å². The number of thioether (sulfide) groups is 1. The molecule has 0 nitrogen and oxygen atoms in total. The second kappa shape index (κ2) is 9.10. The third kappa shape index (κ3) is 6.88. The van der Waals surface area contributed by atoms with Crippen LogP contribution in [-0.4, -0.2) is 10.5 Å². The van der Waals surface area contributed by atoms with Gasteiger partial charge in [-0.15, -0.1) is 0 Å². The van der Waals surface area contributed by atoms with Gasteiger partial charge in [-0.2, -0.15) is 11.8 Å². The number of rotatable bonds is 9. The van der Waals surface area contributed by atoms with Crippen molar-refractivity contribution in [2.24, 2.45) is 11.8 Å². The summed E-state index contributed by atoms with van der Waals surface area (Å²) in [6.07, 6.45) is 16.2. The third-order valence-electron chi connectivity index (χ3n) is 4.46. The summed E-state index contributed by atoms with van der Waals surface area (Å²) in [6.45, 7) is 9.42. The van der Waals surface area contributed by atoms with Gasteiger partial charge in [0.25, 0.3) is 0 Å². The summed E-state index contributed by atoms with van der Waals surface area (Å²) < 4.78 is 0.425. The van der Waals surface area contributed by atoms with Crippen LogP contribution in [0.15, 0.2) is 12.2 Å². The Kier molecular flexibility index (Phi) is 8.21. The minimum absolute atomic E-state index is 0.425. The number of unbranched alkanes of at least 4 members (excludes halogenated alkanes) is 5. The number of hydrogen-bond donors (Lipinski definition) is 0. The zero-order chi connectivity index (χ0) is 14.1. The first-order valence-electron chi connectivity index (χ1n) is 8.41. The van der Waals surface area contributed by atoms with E-state index < -0.39 is 0 Å². The van der Waals surface area contributed by atoms with Crippen molar-refractivity contribution in [1.29, 1.82) is 0 Å². The molecule has 1 heteroatoms. The second-order valence-electron chi connectivity index (χ2n) is 6.73. The van der Waals surface area contributed by atoms with E-state index in [1.165, 1.54) is 57.1 Å². The molecule has 2 atom stereocenters. The van der Waals surface area contributed by atoms with Gasteiger partial charge in [-0.05, 0) is 43.8 Å². The third-order valence-corrected chi connectivity index (χ3v) is 5.95. The first-order valence-corrected chi connectivity index (χ1v) is 9.39. The van der Waals surface area contributed by atoms with Gasteiger partial charge in [-0.1, -0.05) is 65.0 Å². The van der Waals surface area contributed by atoms with Crippen LogP contribution in [0.3, 0.4) is 0 Å². The first kappa shape index (κ1) is 17.1. The van der Waals surface area contributed by atoms with E-state index in [1.54, 1.807) is 0 Å². The predicted octanol–water partition coefficient (Wildman–Crippen LogP) is 6.46. The highest BCUT2D eigenvalue weighted by atomic mass is 32.2. The first-order chi connectivity index (χ1) is 9.07. The molecule has 0 aromatic carbocycles. The van der Waals surface area contributed by atoms with E-state index in [2.05, 4.69) is 51.6 Å². The quantitative estimate of drug-likeness (QED) is 0.345. The monoisotopic (exact) mass is 282 g/mol. The lowest BCUT2D eigenvalue weighted by molar-refractivity contribution is 0.394. The molecule has 0 fully saturated rings. The molecule has 0 aromatic heterocycles. The van der Waals surface area contributed by atoms with E-state index in [4.69, 9.17) is 0 Å². The highest BCUT2D eigenvalue weighted by Crippen LogP contribution is 2.39. The molecular formula is C18H34S. The van der Waals surface area contributed by atoms with E-state index in [0.29, 0.717) is 4.75 Å². The molecule has 0 aliphatic heterocycles. The molecule has 1 aliphatic rings. The fourth-order valence-corrected chi connectivity index (χ4v) is 4.08. The fourth-order valence-electron chi connectivity index (χ4n) is 2.82. The number of hydrogen-bond acceptors (Lipinski definition) is 1. The molecule has 0 amide bonds. The lowest BCUT2D eigenvalue weighted by Gasteiger charge is -2.33. The standard InChI is InChI=1S/C18H34S/c1-5-6-7-8-9-10-15-19-18(4)13-11-17(12-14-18)16(2)3/h11,13,16-17H,5-10,12,14-15H2,1-4H3. The van der Waals surface area contributed by atoms with E-state index >= 15 is 0 Å². The Bertz CT molecular complexity index is 256. The molecule has 0 heterocycles. The average Bonchev–Trinajstić information content (AvgIpc) is 2.38. The van der Waals surface area contributed by atoms with Crippen LogP contribution < -0.4 is 0 Å². The van der Waals surface area contributed by atoms with Crippen molar-refractivity contribution in [3.63, 3.8) is 0 Å². The molecule has 19 heavy (non-hydrogen) atoms. The van der Waals surface area contributed by atoms with E-state index in [0.717, 1.165) is 11.8 Å². The molecule has 0 N–H and O–H groups in total. The Balaban J connectivity index is 2.13. The summed E-state index contributed by atoms with van der Waals surface area (Å²) in [5.41, 5.74) is 0. The van der Waals surface area contributed by atoms with Gasteiger partial charge in [-0.25, -0.2) is 0 Å². The lowest BCUT2D eigenvalue weighted by Crippen LogP contribution is -2.24. The molecule has 0 spiro atoms. The smallest absolute Gasteiger partial charge is 0.0311 e. The molecule has 1 rings (SSSR count). The van der Waals surface area contributed by atoms with Crippen LogP contribution in [0.2, 0.25) is 0 Å². The van der Waals surface area contributed by atoms with E-state index in [1.807, 2.05) is 0 Å². The van der Waals surface area contributed by atoms with Crippen LogP contribution in [-0.2, 0) is 0 Å². The van der Waals surface area contributed by atoms with Crippen molar-refractivity contribution in [3.8, 4) is 0 Å². The second-order valence-corrected chi connectivity index (χ2v) is 8.36. The van der Waals surface area contributed by atoms with E-state index in [9.17, 15) is 0 Å². The maximum Gasteiger partial charge on any atom is 0.0311 e. The van der Waals surface area contributed by atoms with Crippen molar-refractivity contribution >= 4 is 11.8 Å². The van der Waals surface area contributed by atoms with Crippen LogP contribution in [0.5, 0.6) is 0 Å². The normalized spacial score (nSPS) is 27.1. The Morgan fingerprint density at radius 3 is 2.42 bits per heavy atom. The molecule has 2 unspecified atom stereocenters. The lowest BCUT2D eigenvalue weighted by atomic mass is 9.83. The van der Waals surface area contributed by atoms with Crippen molar-refractivity contribution in [3.05, 3.63) is 12.2 Å². The Labute approximate surface area is 125 Å². The van der Waals surface area contributed by atoms with Crippen molar-refractivity contribution in [2.75, 3.05) is 5.75 Å². The molecule has 1 aliphatic carbocycles. The van der Waals surface area contributed by atoms with Gasteiger partial charge in [0.2, 0.25) is 0 Å². The zero-order valence-electron chi connectivity index (χ0n) is 13.6. The topological polar surface area (TPSA) is 0 Å². The largest absolute Gasteiger partial charge is 0.151 e. The Morgan fingerprint density at radius 2 is 1.84 bits per heavy atom. The van der Waals surface area contributed by atoms with Gasteiger partial charge >= 0.3 is 0 Å². The highest BCUT2D eigenvalue weighted by Gasteiger charge is 2.27. The molecule has 0 aromatic rings.